The number of carboxylic acids is 1. The van der Waals surface area contributed by atoms with Crippen LogP contribution in [0.25, 0.3) is 10.6 Å². The number of hydrogen-bond acceptors (Lipinski definition) is 4. The summed E-state index contributed by atoms with van der Waals surface area (Å²) in [5.74, 6) is -0.361. The fourth-order valence-electron chi connectivity index (χ4n) is 2.55. The van der Waals surface area contributed by atoms with Gasteiger partial charge in [-0.3, -0.25) is 4.79 Å². The number of carbonyl (C=O) groups is 2. The van der Waals surface area contributed by atoms with Gasteiger partial charge in [-0.1, -0.05) is 24.6 Å². The fraction of sp³-hybridized carbons (Fsp3) is 0.353. The topological polar surface area (TPSA) is 79.3 Å². The minimum Gasteiger partial charge on any atom is -0.476 e. The number of thiazole rings is 1. The Morgan fingerprint density at radius 3 is 2.83 bits per heavy atom. The maximum absolute atomic E-state index is 11.9. The highest BCUT2D eigenvalue weighted by molar-refractivity contribution is 7.13. The van der Waals surface area contributed by atoms with E-state index in [0.29, 0.717) is 23.9 Å². The van der Waals surface area contributed by atoms with Crippen molar-refractivity contribution in [3.8, 4) is 10.6 Å². The Bertz CT molecular complexity index is 722. The molecule has 1 aromatic heterocycles. The molecule has 2 N–H and O–H groups in total. The first-order chi connectivity index (χ1) is 11.1. The molecule has 120 valence electrons. The van der Waals surface area contributed by atoms with Crippen molar-refractivity contribution in [3.05, 3.63) is 40.9 Å². The zero-order valence-corrected chi connectivity index (χ0v) is 13.4. The number of nitrogens with zero attached hydrogens (tertiary/aromatic N) is 1. The summed E-state index contributed by atoms with van der Waals surface area (Å²) < 4.78 is 0. The first-order valence-electron chi connectivity index (χ1n) is 7.66. The first kappa shape index (κ1) is 15.7. The summed E-state index contributed by atoms with van der Waals surface area (Å²) in [4.78, 5) is 26.9. The number of nitrogens with one attached hydrogen (secondary N) is 1. The predicted molar refractivity (Wildman–Crippen MR) is 88.3 cm³/mol. The van der Waals surface area contributed by atoms with Crippen LogP contribution in [-0.4, -0.2) is 22.0 Å². The molecule has 1 aliphatic rings. The van der Waals surface area contributed by atoms with Crippen molar-refractivity contribution >= 4 is 23.2 Å². The second-order valence-electron chi connectivity index (χ2n) is 5.82. The van der Waals surface area contributed by atoms with E-state index in [-0.39, 0.29) is 11.6 Å². The van der Waals surface area contributed by atoms with Crippen LogP contribution in [0.4, 0.5) is 0 Å². The molecular formula is C17H18N2O3S. The summed E-state index contributed by atoms with van der Waals surface area (Å²) in [6.07, 6.45) is 4.19. The summed E-state index contributed by atoms with van der Waals surface area (Å²) in [5.41, 5.74) is 1.91. The summed E-state index contributed by atoms with van der Waals surface area (Å²) in [6.45, 7) is 0.483. The molecule has 1 aromatic carbocycles. The molecule has 23 heavy (non-hydrogen) atoms. The van der Waals surface area contributed by atoms with Crippen LogP contribution >= 0.6 is 11.3 Å². The van der Waals surface area contributed by atoms with E-state index in [1.807, 2.05) is 24.3 Å². The van der Waals surface area contributed by atoms with E-state index in [0.717, 1.165) is 11.1 Å². The van der Waals surface area contributed by atoms with Gasteiger partial charge in [-0.25, -0.2) is 9.78 Å². The molecule has 0 bridgehead atoms. The number of amides is 1. The van der Waals surface area contributed by atoms with Crippen LogP contribution < -0.4 is 5.32 Å². The third-order valence-electron chi connectivity index (χ3n) is 4.09. The molecule has 0 saturated heterocycles. The van der Waals surface area contributed by atoms with Gasteiger partial charge in [-0.05, 0) is 30.4 Å². The summed E-state index contributed by atoms with van der Waals surface area (Å²) in [5, 5.41) is 14.1. The molecule has 1 saturated carbocycles. The van der Waals surface area contributed by atoms with E-state index in [2.05, 4.69) is 10.3 Å². The number of carbonyl (C=O) groups excluding carboxylic acids is 1. The van der Waals surface area contributed by atoms with Gasteiger partial charge in [0.15, 0.2) is 5.69 Å². The largest absolute Gasteiger partial charge is 0.476 e. The fourth-order valence-corrected chi connectivity index (χ4v) is 3.34. The summed E-state index contributed by atoms with van der Waals surface area (Å²) in [7, 11) is 0. The second kappa shape index (κ2) is 6.91. The highest BCUT2D eigenvalue weighted by atomic mass is 32.1. The molecule has 0 unspecified atom stereocenters. The Morgan fingerprint density at radius 2 is 2.17 bits per heavy atom. The van der Waals surface area contributed by atoms with Crippen LogP contribution in [0.2, 0.25) is 0 Å². The van der Waals surface area contributed by atoms with Crippen molar-refractivity contribution in [2.24, 2.45) is 5.92 Å². The van der Waals surface area contributed by atoms with E-state index in [9.17, 15) is 9.59 Å². The number of rotatable bonds is 6. The molecule has 1 aliphatic carbocycles. The van der Waals surface area contributed by atoms with E-state index in [4.69, 9.17) is 5.11 Å². The third-order valence-corrected chi connectivity index (χ3v) is 4.98. The van der Waals surface area contributed by atoms with Crippen LogP contribution in [0.1, 0.15) is 41.7 Å². The maximum Gasteiger partial charge on any atom is 0.355 e. The number of hydrogen-bond donors (Lipinski definition) is 2. The number of aromatic carboxylic acids is 1. The normalized spacial score (nSPS) is 14.3. The minimum atomic E-state index is -1.02. The van der Waals surface area contributed by atoms with Gasteiger partial charge in [0.2, 0.25) is 5.91 Å². The zero-order valence-electron chi connectivity index (χ0n) is 12.6. The number of carboxylic acid groups (broad SMARTS) is 1. The van der Waals surface area contributed by atoms with Crippen molar-refractivity contribution in [2.45, 2.75) is 32.2 Å². The van der Waals surface area contributed by atoms with E-state index >= 15 is 0 Å². The maximum atomic E-state index is 11.9. The lowest BCUT2D eigenvalue weighted by Crippen LogP contribution is -2.27. The van der Waals surface area contributed by atoms with Crippen LogP contribution in [0.5, 0.6) is 0 Å². The van der Waals surface area contributed by atoms with Crippen molar-refractivity contribution in [2.75, 3.05) is 0 Å². The van der Waals surface area contributed by atoms with E-state index < -0.39 is 5.97 Å². The van der Waals surface area contributed by atoms with Crippen molar-refractivity contribution in [1.29, 1.82) is 0 Å². The quantitative estimate of drug-likeness (QED) is 0.851. The Labute approximate surface area is 138 Å². The molecule has 3 rings (SSSR count). The molecule has 0 spiro atoms. The van der Waals surface area contributed by atoms with E-state index in [1.54, 1.807) is 0 Å². The Kier molecular flexibility index (Phi) is 4.71. The zero-order chi connectivity index (χ0) is 16.2. The Morgan fingerprint density at radius 1 is 1.35 bits per heavy atom. The molecule has 1 heterocycles. The first-order valence-corrected chi connectivity index (χ1v) is 8.54. The van der Waals surface area contributed by atoms with Crippen LogP contribution in [0.3, 0.4) is 0 Å². The van der Waals surface area contributed by atoms with Gasteiger partial charge < -0.3 is 10.4 Å². The van der Waals surface area contributed by atoms with Crippen molar-refractivity contribution in [1.82, 2.24) is 10.3 Å². The van der Waals surface area contributed by atoms with Gasteiger partial charge in [0.1, 0.15) is 5.01 Å². The number of aromatic nitrogens is 1. The monoisotopic (exact) mass is 330 g/mol. The molecule has 2 aromatic rings. The van der Waals surface area contributed by atoms with Gasteiger partial charge in [0, 0.05) is 23.9 Å². The smallest absolute Gasteiger partial charge is 0.355 e. The second-order valence-corrected chi connectivity index (χ2v) is 6.68. The van der Waals surface area contributed by atoms with Crippen LogP contribution in [0, 0.1) is 5.92 Å². The molecule has 6 heteroatoms. The van der Waals surface area contributed by atoms with Gasteiger partial charge >= 0.3 is 5.97 Å². The molecule has 1 amide bonds. The summed E-state index contributed by atoms with van der Waals surface area (Å²) >= 11 is 1.30. The standard InChI is InChI=1S/C17H18N2O3S/c20-15(8-11-3-1-4-11)18-9-12-5-2-6-13(7-12)16-19-14(10-23-16)17(21)22/h2,5-7,10-11H,1,3-4,8-9H2,(H,18,20)(H,21,22). The van der Waals surface area contributed by atoms with Crippen molar-refractivity contribution < 1.29 is 14.7 Å². The lowest BCUT2D eigenvalue weighted by molar-refractivity contribution is -0.122. The molecule has 0 radical (unpaired) electrons. The lowest BCUT2D eigenvalue weighted by atomic mass is 9.83. The molecule has 0 aliphatic heterocycles. The van der Waals surface area contributed by atoms with Crippen LogP contribution in [0.15, 0.2) is 29.6 Å². The van der Waals surface area contributed by atoms with Gasteiger partial charge in [0.25, 0.3) is 0 Å². The number of benzene rings is 1. The van der Waals surface area contributed by atoms with Gasteiger partial charge in [-0.2, -0.15) is 0 Å². The SMILES string of the molecule is O=C(CC1CCC1)NCc1cccc(-c2nc(C(=O)O)cs2)c1. The highest BCUT2D eigenvalue weighted by Gasteiger charge is 2.20. The third kappa shape index (κ3) is 3.96. The predicted octanol–water partition coefficient (Wildman–Crippen LogP) is 3.31. The minimum absolute atomic E-state index is 0.0594. The Hall–Kier alpha value is -2.21. The average molecular weight is 330 g/mol. The van der Waals surface area contributed by atoms with Crippen LogP contribution in [-0.2, 0) is 11.3 Å². The van der Waals surface area contributed by atoms with Crippen molar-refractivity contribution in [3.63, 3.8) is 0 Å². The Balaban J connectivity index is 1.62. The molecule has 1 fully saturated rings. The van der Waals surface area contributed by atoms with E-state index in [1.165, 1.54) is 36.0 Å². The molecular weight excluding hydrogens is 312 g/mol. The molecule has 0 atom stereocenters. The lowest BCUT2D eigenvalue weighted by Gasteiger charge is -2.24. The van der Waals surface area contributed by atoms with Gasteiger partial charge in [-0.15, -0.1) is 11.3 Å². The van der Waals surface area contributed by atoms with Gasteiger partial charge in [0.05, 0.1) is 0 Å². The average Bonchev–Trinajstić information content (AvgIpc) is 2.99. The summed E-state index contributed by atoms with van der Waals surface area (Å²) in [6, 6.07) is 7.67. The molecule has 5 nitrogen and oxygen atoms in total. The highest BCUT2D eigenvalue weighted by Crippen LogP contribution is 2.29.